The average molecular weight is 232 g/mol. The Labute approximate surface area is 100 Å². The van der Waals surface area contributed by atoms with E-state index in [0.717, 1.165) is 0 Å². The maximum atomic E-state index is 10.6. The van der Waals surface area contributed by atoms with Crippen LogP contribution in [0.3, 0.4) is 0 Å². The fourth-order valence-electron chi connectivity index (χ4n) is 1.86. The van der Waals surface area contributed by atoms with Gasteiger partial charge in [-0.2, -0.15) is 5.10 Å². The lowest BCUT2D eigenvalue weighted by molar-refractivity contribution is 0.0935. The topological polar surface area (TPSA) is 47.3 Å². The number of ether oxygens (including phenoxy) is 1. The predicted molar refractivity (Wildman–Crippen MR) is 64.9 cm³/mol. The second-order valence-electron chi connectivity index (χ2n) is 4.15. The van der Waals surface area contributed by atoms with Crippen LogP contribution in [0.25, 0.3) is 0 Å². The summed E-state index contributed by atoms with van der Waals surface area (Å²) in [4.78, 5) is 0. The fraction of sp³-hybridized carbons (Fsp3) is 0.308. The summed E-state index contributed by atoms with van der Waals surface area (Å²) >= 11 is 0. The van der Waals surface area contributed by atoms with Crippen LogP contribution in [-0.2, 0) is 12.6 Å². The number of rotatable bonds is 3. The van der Waals surface area contributed by atoms with Crippen LogP contribution in [0.1, 0.15) is 18.2 Å². The third-order valence-electron chi connectivity index (χ3n) is 2.84. The largest absolute Gasteiger partial charge is 0.496 e. The van der Waals surface area contributed by atoms with Crippen molar-refractivity contribution in [2.75, 3.05) is 7.11 Å². The van der Waals surface area contributed by atoms with Crippen molar-refractivity contribution >= 4 is 0 Å². The number of aliphatic hydroxyl groups is 1. The van der Waals surface area contributed by atoms with Gasteiger partial charge in [0.1, 0.15) is 11.4 Å². The first-order chi connectivity index (χ1) is 8.05. The number of aromatic nitrogens is 2. The Morgan fingerprint density at radius 2 is 2.00 bits per heavy atom. The van der Waals surface area contributed by atoms with Gasteiger partial charge < -0.3 is 9.84 Å². The van der Waals surface area contributed by atoms with Gasteiger partial charge in [0.15, 0.2) is 0 Å². The van der Waals surface area contributed by atoms with E-state index in [-0.39, 0.29) is 0 Å². The number of benzene rings is 1. The zero-order chi connectivity index (χ0) is 12.5. The summed E-state index contributed by atoms with van der Waals surface area (Å²) in [7, 11) is 3.41. The Balaban J connectivity index is 2.50. The molecule has 1 N–H and O–H groups in total. The van der Waals surface area contributed by atoms with Crippen LogP contribution in [0.4, 0.5) is 0 Å². The van der Waals surface area contributed by atoms with Gasteiger partial charge in [-0.15, -0.1) is 0 Å². The highest BCUT2D eigenvalue weighted by Crippen LogP contribution is 2.33. The molecule has 0 aliphatic heterocycles. The quantitative estimate of drug-likeness (QED) is 0.876. The molecule has 2 rings (SSSR count). The molecule has 1 heterocycles. The van der Waals surface area contributed by atoms with Crippen molar-refractivity contribution in [1.29, 1.82) is 0 Å². The molecule has 1 atom stereocenters. The Bertz CT molecular complexity index is 518. The fourth-order valence-corrected chi connectivity index (χ4v) is 1.86. The summed E-state index contributed by atoms with van der Waals surface area (Å²) in [6.45, 7) is 1.72. The van der Waals surface area contributed by atoms with Crippen LogP contribution in [-0.4, -0.2) is 22.0 Å². The minimum atomic E-state index is -1.16. The normalized spacial score (nSPS) is 14.4. The van der Waals surface area contributed by atoms with Crippen molar-refractivity contribution in [3.8, 4) is 5.75 Å². The van der Waals surface area contributed by atoms with Gasteiger partial charge in [0.25, 0.3) is 0 Å². The molecule has 1 unspecified atom stereocenters. The van der Waals surface area contributed by atoms with E-state index in [1.165, 1.54) is 0 Å². The number of hydrogen-bond donors (Lipinski definition) is 1. The van der Waals surface area contributed by atoms with Gasteiger partial charge in [0.2, 0.25) is 0 Å². The summed E-state index contributed by atoms with van der Waals surface area (Å²) in [5.41, 5.74) is 0.152. The van der Waals surface area contributed by atoms with Gasteiger partial charge in [-0.25, -0.2) is 0 Å². The van der Waals surface area contributed by atoms with Crippen LogP contribution in [0.2, 0.25) is 0 Å². The lowest BCUT2D eigenvalue weighted by Crippen LogP contribution is -2.24. The lowest BCUT2D eigenvalue weighted by Gasteiger charge is -2.23. The Kier molecular flexibility index (Phi) is 2.90. The van der Waals surface area contributed by atoms with Crippen molar-refractivity contribution in [2.45, 2.75) is 12.5 Å². The van der Waals surface area contributed by atoms with Crippen LogP contribution in [0.5, 0.6) is 5.75 Å². The minimum absolute atomic E-state index is 0.601. The van der Waals surface area contributed by atoms with Crippen molar-refractivity contribution in [3.05, 3.63) is 47.8 Å². The summed E-state index contributed by atoms with van der Waals surface area (Å²) in [6.07, 6.45) is 1.80. The molecule has 0 aliphatic carbocycles. The Morgan fingerprint density at radius 1 is 1.29 bits per heavy atom. The maximum absolute atomic E-state index is 10.6. The molecule has 2 aromatic rings. The second-order valence-corrected chi connectivity index (χ2v) is 4.15. The molecule has 0 aliphatic rings. The SMILES string of the molecule is COc1ccccc1C(C)(O)c1ccn(C)n1. The van der Waals surface area contributed by atoms with E-state index in [2.05, 4.69) is 5.10 Å². The molecule has 17 heavy (non-hydrogen) atoms. The van der Waals surface area contributed by atoms with Crippen molar-refractivity contribution in [1.82, 2.24) is 9.78 Å². The van der Waals surface area contributed by atoms with Crippen LogP contribution in [0.15, 0.2) is 36.5 Å². The first-order valence-electron chi connectivity index (χ1n) is 5.41. The van der Waals surface area contributed by atoms with Gasteiger partial charge in [-0.1, -0.05) is 18.2 Å². The molecule has 90 valence electrons. The summed E-state index contributed by atoms with van der Waals surface area (Å²) in [5.74, 6) is 0.656. The van der Waals surface area contributed by atoms with E-state index in [1.54, 1.807) is 31.0 Å². The van der Waals surface area contributed by atoms with Crippen LogP contribution >= 0.6 is 0 Å². The second kappa shape index (κ2) is 4.22. The van der Waals surface area contributed by atoms with Crippen molar-refractivity contribution in [3.63, 3.8) is 0 Å². The maximum Gasteiger partial charge on any atom is 0.134 e. The van der Waals surface area contributed by atoms with Crippen LogP contribution < -0.4 is 4.74 Å². The standard InChI is InChI=1S/C13H16N2O2/c1-13(16,12-8-9-15(2)14-12)10-6-4-5-7-11(10)17-3/h4-9,16H,1-3H3. The molecule has 0 bridgehead atoms. The van der Waals surface area contributed by atoms with Gasteiger partial charge in [0.05, 0.1) is 12.8 Å². The molecular formula is C13H16N2O2. The first-order valence-corrected chi connectivity index (χ1v) is 5.41. The summed E-state index contributed by atoms with van der Waals surface area (Å²) in [6, 6.07) is 9.21. The molecule has 0 amide bonds. The zero-order valence-corrected chi connectivity index (χ0v) is 10.2. The number of para-hydroxylation sites is 1. The third-order valence-corrected chi connectivity index (χ3v) is 2.84. The van der Waals surface area contributed by atoms with E-state index in [9.17, 15) is 5.11 Å². The molecule has 1 aromatic carbocycles. The molecule has 4 nitrogen and oxygen atoms in total. The van der Waals surface area contributed by atoms with E-state index >= 15 is 0 Å². The predicted octanol–water partition coefficient (Wildman–Crippen LogP) is 1.68. The van der Waals surface area contributed by atoms with E-state index in [0.29, 0.717) is 17.0 Å². The number of hydrogen-bond acceptors (Lipinski definition) is 3. The van der Waals surface area contributed by atoms with E-state index in [4.69, 9.17) is 4.74 Å². The van der Waals surface area contributed by atoms with Crippen molar-refractivity contribution < 1.29 is 9.84 Å². The summed E-state index contributed by atoms with van der Waals surface area (Å²) in [5, 5.41) is 14.9. The highest BCUT2D eigenvalue weighted by molar-refractivity contribution is 5.41. The molecule has 0 radical (unpaired) electrons. The Hall–Kier alpha value is -1.81. The van der Waals surface area contributed by atoms with E-state index < -0.39 is 5.60 Å². The lowest BCUT2D eigenvalue weighted by atomic mass is 9.92. The number of aryl methyl sites for hydroxylation is 1. The molecule has 0 fully saturated rings. The number of nitrogens with zero attached hydrogens (tertiary/aromatic N) is 2. The monoisotopic (exact) mass is 232 g/mol. The molecular weight excluding hydrogens is 216 g/mol. The average Bonchev–Trinajstić information content (AvgIpc) is 2.76. The smallest absolute Gasteiger partial charge is 0.134 e. The molecule has 1 aromatic heterocycles. The minimum Gasteiger partial charge on any atom is -0.496 e. The highest BCUT2D eigenvalue weighted by Gasteiger charge is 2.31. The summed E-state index contributed by atoms with van der Waals surface area (Å²) < 4.78 is 6.93. The van der Waals surface area contributed by atoms with Gasteiger partial charge in [-0.05, 0) is 19.1 Å². The van der Waals surface area contributed by atoms with E-state index in [1.807, 2.05) is 31.3 Å². The molecule has 0 spiro atoms. The highest BCUT2D eigenvalue weighted by atomic mass is 16.5. The first kappa shape index (κ1) is 11.7. The van der Waals surface area contributed by atoms with Gasteiger partial charge in [-0.3, -0.25) is 4.68 Å². The van der Waals surface area contributed by atoms with Crippen molar-refractivity contribution in [2.24, 2.45) is 7.05 Å². The van der Waals surface area contributed by atoms with Gasteiger partial charge >= 0.3 is 0 Å². The molecule has 0 saturated carbocycles. The third kappa shape index (κ3) is 2.03. The van der Waals surface area contributed by atoms with Gasteiger partial charge in [0, 0.05) is 18.8 Å². The Morgan fingerprint density at radius 3 is 2.59 bits per heavy atom. The molecule has 0 saturated heterocycles. The van der Waals surface area contributed by atoms with Crippen LogP contribution in [0, 0.1) is 0 Å². The zero-order valence-electron chi connectivity index (χ0n) is 10.2. The number of methoxy groups -OCH3 is 1. The molecule has 4 heteroatoms.